The Labute approximate surface area is 381 Å². The van der Waals surface area contributed by atoms with E-state index in [4.69, 9.17) is 19.4 Å². The summed E-state index contributed by atoms with van der Waals surface area (Å²) >= 11 is 0. The SMILES string of the molecule is COC(=O)NC(C(=O)N1[C@@H]2C[C@@H]2C[C@H]1c1nc(-c2ccc(-c3ccc(-c4c[nH]c([C@@H]5C[C@H]6C[C@H]6N5C(=O)C(NC(=O)OC)[C@]5(O)C[C@@H]6[C@H](C5)C6(F)F)n4)cc3)cc2)c[nH]1)[C@@H]1C[C@@H]2[C@H](C1)C2(F)F. The third-order valence-corrected chi connectivity index (χ3v) is 16.7. The summed E-state index contributed by atoms with van der Waals surface area (Å²) in [5.74, 6) is -8.61. The number of fused-ring (bicyclic) bond motifs is 4. The quantitative estimate of drug-likeness (QED) is 0.103. The summed E-state index contributed by atoms with van der Waals surface area (Å²) < 4.78 is 66.1. The summed E-state index contributed by atoms with van der Waals surface area (Å²) in [7, 11) is 2.36. The van der Waals surface area contributed by atoms with Crippen molar-refractivity contribution < 1.29 is 51.3 Å². The summed E-state index contributed by atoms with van der Waals surface area (Å²) in [5.41, 5.74) is 3.16. The fourth-order valence-electron chi connectivity index (χ4n) is 12.7. The molecule has 352 valence electrons. The second-order valence-electron chi connectivity index (χ2n) is 20.3. The highest BCUT2D eigenvalue weighted by Gasteiger charge is 2.77. The first-order chi connectivity index (χ1) is 32.1. The minimum absolute atomic E-state index is 0.00679. The number of carbonyl (C=O) groups excluding carboxylic acids is 4. The Morgan fingerprint density at radius 3 is 1.55 bits per heavy atom. The number of H-pyrrole nitrogens is 2. The molecule has 67 heavy (non-hydrogen) atoms. The highest BCUT2D eigenvalue weighted by molar-refractivity contribution is 5.89. The van der Waals surface area contributed by atoms with E-state index < -0.39 is 83.3 Å². The number of carbonyl (C=O) groups is 4. The van der Waals surface area contributed by atoms with E-state index in [0.29, 0.717) is 41.8 Å². The Hall–Kier alpha value is -5.98. The van der Waals surface area contributed by atoms with Crippen molar-refractivity contribution in [3.8, 4) is 33.6 Å². The van der Waals surface area contributed by atoms with Crippen molar-refractivity contribution in [1.29, 1.82) is 0 Å². The van der Waals surface area contributed by atoms with E-state index in [1.165, 1.54) is 7.11 Å². The first-order valence-corrected chi connectivity index (χ1v) is 23.2. The smallest absolute Gasteiger partial charge is 0.407 e. The van der Waals surface area contributed by atoms with Crippen LogP contribution in [0.1, 0.15) is 75.1 Å². The van der Waals surface area contributed by atoms with E-state index in [1.807, 2.05) is 54.7 Å². The molecule has 4 heterocycles. The number of aliphatic hydroxyl groups is 1. The number of piperidine rings is 2. The zero-order chi connectivity index (χ0) is 46.5. The number of aromatic nitrogens is 4. The van der Waals surface area contributed by atoms with Crippen molar-refractivity contribution in [2.24, 2.45) is 41.4 Å². The molecule has 8 aliphatic rings. The predicted octanol–water partition coefficient (Wildman–Crippen LogP) is 6.60. The van der Waals surface area contributed by atoms with Gasteiger partial charge in [0.15, 0.2) is 0 Å². The zero-order valence-electron chi connectivity index (χ0n) is 36.6. The Bertz CT molecular complexity index is 2650. The van der Waals surface area contributed by atoms with Crippen LogP contribution < -0.4 is 10.6 Å². The van der Waals surface area contributed by atoms with Gasteiger partial charge in [0, 0.05) is 59.3 Å². The summed E-state index contributed by atoms with van der Waals surface area (Å²) in [6.45, 7) is 0. The lowest BCUT2D eigenvalue weighted by molar-refractivity contribution is -0.144. The third kappa shape index (κ3) is 6.83. The second kappa shape index (κ2) is 14.8. The van der Waals surface area contributed by atoms with Gasteiger partial charge in [-0.1, -0.05) is 48.5 Å². The number of rotatable bonds is 11. The number of ether oxygens (including phenoxy) is 2. The van der Waals surface area contributed by atoms with E-state index in [-0.39, 0.29) is 55.6 Å². The molecular formula is C48H50F4N8O7. The molecule has 4 amide bonds. The summed E-state index contributed by atoms with van der Waals surface area (Å²) in [6, 6.07) is 12.5. The molecule has 12 rings (SSSR count). The molecular weight excluding hydrogens is 877 g/mol. The molecule has 4 aromatic rings. The lowest BCUT2D eigenvalue weighted by Gasteiger charge is -2.38. The number of hydrogen-bond acceptors (Lipinski definition) is 9. The maximum Gasteiger partial charge on any atom is 0.407 e. The number of hydrogen-bond donors (Lipinski definition) is 5. The molecule has 6 aliphatic carbocycles. The maximum atomic E-state index is 14.3. The number of imidazole rings is 2. The number of likely N-dealkylation sites (tertiary alicyclic amines) is 2. The molecule has 5 N–H and O–H groups in total. The fraction of sp³-hybridized carbons (Fsp3) is 0.542. The second-order valence-corrected chi connectivity index (χ2v) is 20.3. The van der Waals surface area contributed by atoms with Crippen LogP contribution in [0.4, 0.5) is 27.2 Å². The number of aromatic amines is 2. The Balaban J connectivity index is 0.713. The first-order valence-electron chi connectivity index (χ1n) is 23.2. The summed E-state index contributed by atoms with van der Waals surface area (Å²) in [4.78, 5) is 73.1. The highest BCUT2D eigenvalue weighted by atomic mass is 19.3. The Morgan fingerprint density at radius 1 is 0.642 bits per heavy atom. The van der Waals surface area contributed by atoms with Crippen molar-refractivity contribution in [1.82, 2.24) is 40.4 Å². The van der Waals surface area contributed by atoms with Gasteiger partial charge in [0.1, 0.15) is 23.7 Å². The fourth-order valence-corrected chi connectivity index (χ4v) is 12.7. The maximum absolute atomic E-state index is 14.3. The minimum Gasteiger partial charge on any atom is -0.453 e. The topological polar surface area (TPSA) is 195 Å². The largest absolute Gasteiger partial charge is 0.453 e. The summed E-state index contributed by atoms with van der Waals surface area (Å²) in [5, 5.41) is 16.7. The van der Waals surface area contributed by atoms with Crippen LogP contribution in [0.15, 0.2) is 60.9 Å². The number of alkyl halides is 4. The molecule has 8 fully saturated rings. The average Bonchev–Trinajstić information content (AvgIpc) is 4.02. The molecule has 2 saturated heterocycles. The number of halogens is 4. The van der Waals surface area contributed by atoms with E-state index in [2.05, 4.69) is 20.6 Å². The number of alkyl carbamates (subject to hydrolysis) is 2. The first kappa shape index (κ1) is 42.4. The molecule has 2 unspecified atom stereocenters. The Morgan fingerprint density at radius 2 is 1.07 bits per heavy atom. The number of methoxy groups -OCH3 is 2. The number of nitrogens with zero attached hydrogens (tertiary/aromatic N) is 4. The molecule has 2 aromatic carbocycles. The van der Waals surface area contributed by atoms with Crippen LogP contribution in [-0.4, -0.2) is 115 Å². The molecule has 14 atom stereocenters. The van der Waals surface area contributed by atoms with Crippen molar-refractivity contribution in [3.63, 3.8) is 0 Å². The molecule has 2 aromatic heterocycles. The molecule has 19 heteroatoms. The molecule has 6 saturated carbocycles. The van der Waals surface area contributed by atoms with Gasteiger partial charge in [0.2, 0.25) is 11.8 Å². The van der Waals surface area contributed by atoms with Gasteiger partial charge in [0.25, 0.3) is 11.8 Å². The molecule has 0 radical (unpaired) electrons. The van der Waals surface area contributed by atoms with Gasteiger partial charge < -0.3 is 45.0 Å². The minimum atomic E-state index is -2.88. The van der Waals surface area contributed by atoms with Crippen LogP contribution in [0.3, 0.4) is 0 Å². The van der Waals surface area contributed by atoms with Crippen LogP contribution in [0.25, 0.3) is 33.6 Å². The van der Waals surface area contributed by atoms with Gasteiger partial charge in [-0.2, -0.15) is 0 Å². The van der Waals surface area contributed by atoms with Crippen molar-refractivity contribution in [2.75, 3.05) is 14.2 Å². The van der Waals surface area contributed by atoms with E-state index in [0.717, 1.165) is 42.2 Å². The Kier molecular flexibility index (Phi) is 9.34. The number of benzene rings is 2. The van der Waals surface area contributed by atoms with Gasteiger partial charge in [0.05, 0.1) is 43.3 Å². The van der Waals surface area contributed by atoms with Gasteiger partial charge in [-0.05, 0) is 80.2 Å². The van der Waals surface area contributed by atoms with Crippen molar-refractivity contribution >= 4 is 24.0 Å². The summed E-state index contributed by atoms with van der Waals surface area (Å²) in [6.07, 6.45) is 4.64. The van der Waals surface area contributed by atoms with Crippen LogP contribution in [0, 0.1) is 41.4 Å². The zero-order valence-corrected chi connectivity index (χ0v) is 36.6. The monoisotopic (exact) mass is 926 g/mol. The predicted molar refractivity (Wildman–Crippen MR) is 229 cm³/mol. The standard InChI is InChI=1S/C48H50F4N8O7/c1-66-44(63)57-38(27-11-28-29(12-27)47(28,49)50)42(61)59-34-13-25(34)15-36(59)40-53-19-32(55-40)23-7-3-21(4-8-23)22-5-9-24(10-6-22)33-20-54-41(56-33)37-16-26-14-35(26)60(37)43(62)39(58-45(64)67-2)46(65)17-30-31(18-46)48(30,51)52/h3-10,19-20,25-31,34-39,65H,11-18H2,1-2H3,(H,53,55)(H,54,56)(H,57,63)(H,58,64)/t25-,26-,27-,28-,29+,30-,31+,34-,35-,36+,37+,38?,39?,46+/m1/s1. The lowest BCUT2D eigenvalue weighted by atomic mass is 9.87. The van der Waals surface area contributed by atoms with Gasteiger partial charge >= 0.3 is 12.2 Å². The van der Waals surface area contributed by atoms with E-state index in [9.17, 15) is 41.8 Å². The van der Waals surface area contributed by atoms with Crippen molar-refractivity contribution in [3.05, 3.63) is 72.6 Å². The molecule has 15 nitrogen and oxygen atoms in total. The van der Waals surface area contributed by atoms with E-state index in [1.54, 1.807) is 16.0 Å². The highest BCUT2D eigenvalue weighted by Crippen LogP contribution is 2.68. The number of nitrogens with one attached hydrogen (secondary N) is 4. The van der Waals surface area contributed by atoms with Crippen LogP contribution >= 0.6 is 0 Å². The number of amides is 4. The van der Waals surface area contributed by atoms with Crippen LogP contribution in [-0.2, 0) is 19.1 Å². The molecule has 0 spiro atoms. The van der Waals surface area contributed by atoms with E-state index >= 15 is 0 Å². The van der Waals surface area contributed by atoms with Gasteiger partial charge in [-0.25, -0.2) is 37.1 Å². The van der Waals surface area contributed by atoms with Crippen molar-refractivity contribution in [2.45, 2.75) is 105 Å². The van der Waals surface area contributed by atoms with Crippen LogP contribution in [0.2, 0.25) is 0 Å². The average molecular weight is 927 g/mol. The normalized spacial score (nSPS) is 34.8. The molecule has 0 bridgehead atoms. The van der Waals surface area contributed by atoms with Gasteiger partial charge in [-0.15, -0.1) is 0 Å². The third-order valence-electron chi connectivity index (χ3n) is 16.7. The lowest BCUT2D eigenvalue weighted by Crippen LogP contribution is -2.61. The molecule has 2 aliphatic heterocycles. The van der Waals surface area contributed by atoms with Crippen LogP contribution in [0.5, 0.6) is 0 Å². The van der Waals surface area contributed by atoms with Gasteiger partial charge in [-0.3, -0.25) is 9.59 Å².